The summed E-state index contributed by atoms with van der Waals surface area (Å²) in [6, 6.07) is 14.3. The summed E-state index contributed by atoms with van der Waals surface area (Å²) in [4.78, 5) is 27.4. The highest BCUT2D eigenvalue weighted by atomic mass is 16.5. The number of methoxy groups -OCH3 is 2. The van der Waals surface area contributed by atoms with Crippen LogP contribution in [0.25, 0.3) is 0 Å². The molecule has 0 bridgehead atoms. The van der Waals surface area contributed by atoms with E-state index in [-0.39, 0.29) is 11.8 Å². The van der Waals surface area contributed by atoms with Crippen LogP contribution >= 0.6 is 0 Å². The monoisotopic (exact) mass is 456 g/mol. The average Bonchev–Trinajstić information content (AvgIpc) is 2.85. The number of rotatable bonds is 14. The first-order valence-corrected chi connectivity index (χ1v) is 11.5. The molecule has 0 aliphatic heterocycles. The molecule has 1 N–H and O–H groups in total. The minimum atomic E-state index is -0.570. The van der Waals surface area contributed by atoms with Crippen molar-refractivity contribution < 1.29 is 23.8 Å². The summed E-state index contributed by atoms with van der Waals surface area (Å²) in [5, 5.41) is 2.93. The Morgan fingerprint density at radius 1 is 0.909 bits per heavy atom. The van der Waals surface area contributed by atoms with Gasteiger partial charge in [0.05, 0.1) is 20.8 Å². The molecule has 2 aromatic carbocycles. The topological polar surface area (TPSA) is 77.1 Å². The number of nitrogens with one attached hydrogen (secondary N) is 1. The summed E-state index contributed by atoms with van der Waals surface area (Å²) in [5.74, 6) is 2.01. The summed E-state index contributed by atoms with van der Waals surface area (Å²) in [6.45, 7) is 5.22. The van der Waals surface area contributed by atoms with Crippen LogP contribution in [0.3, 0.4) is 0 Å². The molecule has 0 heterocycles. The summed E-state index contributed by atoms with van der Waals surface area (Å²) in [5.41, 5.74) is 0.937. The zero-order valence-electron chi connectivity index (χ0n) is 20.1. The largest absolute Gasteiger partial charge is 0.497 e. The lowest BCUT2D eigenvalue weighted by Crippen LogP contribution is -2.47. The van der Waals surface area contributed by atoms with Crippen molar-refractivity contribution in [3.63, 3.8) is 0 Å². The predicted octanol–water partition coefficient (Wildman–Crippen LogP) is 4.20. The number of nitrogens with zero attached hydrogens (tertiary/aromatic N) is 1. The van der Waals surface area contributed by atoms with E-state index in [4.69, 9.17) is 14.2 Å². The molecule has 7 heteroatoms. The van der Waals surface area contributed by atoms with Crippen LogP contribution in [0.4, 0.5) is 0 Å². The number of hydrogen-bond donors (Lipinski definition) is 1. The first-order chi connectivity index (χ1) is 16.0. The zero-order valence-corrected chi connectivity index (χ0v) is 20.1. The molecule has 0 aromatic heterocycles. The van der Waals surface area contributed by atoms with Gasteiger partial charge in [0.15, 0.2) is 0 Å². The number of carbonyl (C=O) groups is 2. The second kappa shape index (κ2) is 14.0. The van der Waals surface area contributed by atoms with E-state index in [1.165, 1.54) is 0 Å². The normalized spacial score (nSPS) is 11.4. The van der Waals surface area contributed by atoms with Crippen LogP contribution < -0.4 is 19.5 Å². The summed E-state index contributed by atoms with van der Waals surface area (Å²) in [7, 11) is 3.23. The van der Waals surface area contributed by atoms with Crippen molar-refractivity contribution >= 4 is 11.8 Å². The SMILES string of the molecule is CCCCNC(=O)C(C)N(Cc1ccc(OC)cc1)C(=O)CCCOc1ccc(OC)cc1. The Balaban J connectivity index is 1.97. The Morgan fingerprint density at radius 2 is 1.48 bits per heavy atom. The highest BCUT2D eigenvalue weighted by Gasteiger charge is 2.25. The van der Waals surface area contributed by atoms with Crippen molar-refractivity contribution in [2.75, 3.05) is 27.4 Å². The van der Waals surface area contributed by atoms with E-state index in [1.807, 2.05) is 48.5 Å². The minimum absolute atomic E-state index is 0.0812. The van der Waals surface area contributed by atoms with Gasteiger partial charge in [-0.05, 0) is 61.7 Å². The van der Waals surface area contributed by atoms with Gasteiger partial charge < -0.3 is 24.4 Å². The molecule has 2 aromatic rings. The number of unbranched alkanes of at least 4 members (excludes halogenated alkanes) is 1. The third-order valence-corrected chi connectivity index (χ3v) is 5.37. The number of amides is 2. The average molecular weight is 457 g/mol. The van der Waals surface area contributed by atoms with E-state index in [2.05, 4.69) is 12.2 Å². The standard InChI is InChI=1S/C26H36N2O5/c1-5-6-17-27-26(30)20(2)28(19-21-9-11-22(31-3)12-10-21)25(29)8-7-18-33-24-15-13-23(32-4)14-16-24/h9-16,20H,5-8,17-19H2,1-4H3,(H,27,30). The fraction of sp³-hybridized carbons (Fsp3) is 0.462. The predicted molar refractivity (Wildman–Crippen MR) is 129 cm³/mol. The van der Waals surface area contributed by atoms with Gasteiger partial charge in [-0.1, -0.05) is 25.5 Å². The third-order valence-electron chi connectivity index (χ3n) is 5.37. The van der Waals surface area contributed by atoms with Crippen LogP contribution in [0.2, 0.25) is 0 Å². The van der Waals surface area contributed by atoms with Crippen molar-refractivity contribution in [3.8, 4) is 17.2 Å². The highest BCUT2D eigenvalue weighted by molar-refractivity contribution is 5.87. The Bertz CT molecular complexity index is 852. The summed E-state index contributed by atoms with van der Waals surface area (Å²) < 4.78 is 16.1. The molecule has 0 aliphatic carbocycles. The smallest absolute Gasteiger partial charge is 0.242 e. The van der Waals surface area contributed by atoms with E-state index in [0.29, 0.717) is 32.5 Å². The maximum absolute atomic E-state index is 13.1. The maximum Gasteiger partial charge on any atom is 0.242 e. The van der Waals surface area contributed by atoms with Crippen LogP contribution in [0.15, 0.2) is 48.5 Å². The first-order valence-electron chi connectivity index (χ1n) is 11.5. The van der Waals surface area contributed by atoms with Gasteiger partial charge in [0.1, 0.15) is 23.3 Å². The van der Waals surface area contributed by atoms with Gasteiger partial charge in [-0.3, -0.25) is 9.59 Å². The number of benzene rings is 2. The van der Waals surface area contributed by atoms with E-state index in [0.717, 1.165) is 35.7 Å². The number of ether oxygens (including phenoxy) is 3. The highest BCUT2D eigenvalue weighted by Crippen LogP contribution is 2.18. The van der Waals surface area contributed by atoms with Crippen molar-refractivity contribution in [3.05, 3.63) is 54.1 Å². The number of hydrogen-bond acceptors (Lipinski definition) is 5. The fourth-order valence-electron chi connectivity index (χ4n) is 3.28. The van der Waals surface area contributed by atoms with E-state index < -0.39 is 6.04 Å². The van der Waals surface area contributed by atoms with Gasteiger partial charge in [-0.25, -0.2) is 0 Å². The lowest BCUT2D eigenvalue weighted by Gasteiger charge is -2.29. The van der Waals surface area contributed by atoms with Crippen LogP contribution in [0, 0.1) is 0 Å². The van der Waals surface area contributed by atoms with E-state index in [9.17, 15) is 9.59 Å². The zero-order chi connectivity index (χ0) is 24.1. The lowest BCUT2D eigenvalue weighted by molar-refractivity contribution is -0.140. The van der Waals surface area contributed by atoms with Gasteiger partial charge >= 0.3 is 0 Å². The Hall–Kier alpha value is -3.22. The lowest BCUT2D eigenvalue weighted by atomic mass is 10.1. The molecule has 0 saturated heterocycles. The van der Waals surface area contributed by atoms with Crippen LogP contribution in [0.5, 0.6) is 17.2 Å². The Labute approximate surface area is 197 Å². The molecule has 0 saturated carbocycles. The molecule has 0 fully saturated rings. The van der Waals surface area contributed by atoms with Gasteiger partial charge in [0.2, 0.25) is 11.8 Å². The minimum Gasteiger partial charge on any atom is -0.497 e. The van der Waals surface area contributed by atoms with E-state index >= 15 is 0 Å². The summed E-state index contributed by atoms with van der Waals surface area (Å²) in [6.07, 6.45) is 2.75. The van der Waals surface area contributed by atoms with Crippen molar-refractivity contribution in [2.45, 2.75) is 52.1 Å². The quantitative estimate of drug-likeness (QED) is 0.431. The maximum atomic E-state index is 13.1. The van der Waals surface area contributed by atoms with Crippen molar-refractivity contribution in [1.29, 1.82) is 0 Å². The van der Waals surface area contributed by atoms with Gasteiger partial charge in [0, 0.05) is 19.5 Å². The Morgan fingerprint density at radius 3 is 2.06 bits per heavy atom. The van der Waals surface area contributed by atoms with Crippen molar-refractivity contribution in [2.24, 2.45) is 0 Å². The van der Waals surface area contributed by atoms with Gasteiger partial charge in [-0.15, -0.1) is 0 Å². The summed E-state index contributed by atoms with van der Waals surface area (Å²) >= 11 is 0. The van der Waals surface area contributed by atoms with Crippen LogP contribution in [0.1, 0.15) is 45.1 Å². The molecule has 7 nitrogen and oxygen atoms in total. The first kappa shape index (κ1) is 26.0. The number of carbonyl (C=O) groups excluding carboxylic acids is 2. The van der Waals surface area contributed by atoms with Crippen LogP contribution in [-0.2, 0) is 16.1 Å². The van der Waals surface area contributed by atoms with Crippen LogP contribution in [-0.4, -0.2) is 50.1 Å². The molecular weight excluding hydrogens is 420 g/mol. The molecular formula is C26H36N2O5. The molecule has 33 heavy (non-hydrogen) atoms. The molecule has 2 rings (SSSR count). The van der Waals surface area contributed by atoms with Gasteiger partial charge in [0.25, 0.3) is 0 Å². The molecule has 0 aliphatic rings. The Kier molecular flexibility index (Phi) is 11.1. The molecule has 2 amide bonds. The van der Waals surface area contributed by atoms with Crippen molar-refractivity contribution in [1.82, 2.24) is 10.2 Å². The van der Waals surface area contributed by atoms with Gasteiger partial charge in [-0.2, -0.15) is 0 Å². The third kappa shape index (κ3) is 8.67. The second-order valence-corrected chi connectivity index (χ2v) is 7.82. The molecule has 1 unspecified atom stereocenters. The molecule has 0 spiro atoms. The molecule has 1 atom stereocenters. The van der Waals surface area contributed by atoms with E-state index in [1.54, 1.807) is 26.0 Å². The fourth-order valence-corrected chi connectivity index (χ4v) is 3.28. The molecule has 0 radical (unpaired) electrons. The second-order valence-electron chi connectivity index (χ2n) is 7.82. The molecule has 180 valence electrons.